The molecule has 2 aliphatic rings. The van der Waals surface area contributed by atoms with Gasteiger partial charge in [-0.1, -0.05) is 0 Å². The highest BCUT2D eigenvalue weighted by atomic mass is 79.9. The van der Waals surface area contributed by atoms with Gasteiger partial charge < -0.3 is 14.8 Å². The second kappa shape index (κ2) is 6.74. The first kappa shape index (κ1) is 16.0. The predicted molar refractivity (Wildman–Crippen MR) is 85.9 cm³/mol. The molecule has 0 saturated carbocycles. The smallest absolute Gasteiger partial charge is 0.241 e. The molecule has 8 heteroatoms. The normalized spacial score (nSPS) is 21.0. The van der Waals surface area contributed by atoms with E-state index in [-0.39, 0.29) is 4.90 Å². The van der Waals surface area contributed by atoms with Gasteiger partial charge in [0.15, 0.2) is 11.5 Å². The number of fused-ring (bicyclic) bond motifs is 1. The van der Waals surface area contributed by atoms with Gasteiger partial charge in [-0.15, -0.1) is 0 Å². The third-order valence-corrected chi connectivity index (χ3v) is 6.31. The molecule has 0 amide bonds. The summed E-state index contributed by atoms with van der Waals surface area (Å²) in [4.78, 5) is 0.182. The quantitative estimate of drug-likeness (QED) is 0.796. The van der Waals surface area contributed by atoms with Gasteiger partial charge in [-0.25, -0.2) is 13.1 Å². The molecule has 1 aromatic rings. The van der Waals surface area contributed by atoms with E-state index in [0.29, 0.717) is 41.6 Å². The van der Waals surface area contributed by atoms with Crippen molar-refractivity contribution in [1.82, 2.24) is 10.0 Å². The average Bonchev–Trinajstić information content (AvgIpc) is 2.99. The zero-order valence-corrected chi connectivity index (χ0v) is 14.5. The topological polar surface area (TPSA) is 76.7 Å². The SMILES string of the molecule is O=S(=O)(NCCC1CCNC1)c1cc2c(cc1Br)OCCO2. The Hall–Kier alpha value is -0.830. The number of halogens is 1. The van der Waals surface area contributed by atoms with Crippen LogP contribution >= 0.6 is 15.9 Å². The van der Waals surface area contributed by atoms with Crippen LogP contribution in [0.15, 0.2) is 21.5 Å². The molecule has 0 radical (unpaired) electrons. The number of nitrogens with one attached hydrogen (secondary N) is 2. The maximum atomic E-state index is 12.5. The molecule has 1 saturated heterocycles. The van der Waals surface area contributed by atoms with Crippen molar-refractivity contribution >= 4 is 26.0 Å². The molecule has 0 bridgehead atoms. The Morgan fingerprint density at radius 2 is 2.00 bits per heavy atom. The van der Waals surface area contributed by atoms with Gasteiger partial charge in [-0.05, 0) is 53.8 Å². The number of benzene rings is 1. The summed E-state index contributed by atoms with van der Waals surface area (Å²) in [6, 6.07) is 3.15. The lowest BCUT2D eigenvalue weighted by Gasteiger charge is -2.20. The first-order chi connectivity index (χ1) is 10.6. The van der Waals surface area contributed by atoms with E-state index >= 15 is 0 Å². The summed E-state index contributed by atoms with van der Waals surface area (Å²) in [5.74, 6) is 1.58. The van der Waals surface area contributed by atoms with Crippen LogP contribution in [-0.4, -0.2) is 41.3 Å². The molecule has 1 atom stereocenters. The molecule has 3 rings (SSSR count). The van der Waals surface area contributed by atoms with E-state index in [1.165, 1.54) is 6.07 Å². The fraction of sp³-hybridized carbons (Fsp3) is 0.571. The van der Waals surface area contributed by atoms with E-state index in [2.05, 4.69) is 26.0 Å². The van der Waals surface area contributed by atoms with E-state index < -0.39 is 10.0 Å². The van der Waals surface area contributed by atoms with Crippen LogP contribution in [0.2, 0.25) is 0 Å². The molecule has 0 spiro atoms. The third kappa shape index (κ3) is 3.56. The molecule has 1 fully saturated rings. The van der Waals surface area contributed by atoms with Crippen molar-refractivity contribution in [3.05, 3.63) is 16.6 Å². The number of hydrogen-bond donors (Lipinski definition) is 2. The lowest BCUT2D eigenvalue weighted by atomic mass is 10.1. The lowest BCUT2D eigenvalue weighted by Crippen LogP contribution is -2.27. The van der Waals surface area contributed by atoms with E-state index in [0.717, 1.165) is 25.9 Å². The van der Waals surface area contributed by atoms with Crippen LogP contribution in [0.1, 0.15) is 12.8 Å². The van der Waals surface area contributed by atoms with Crippen molar-refractivity contribution in [2.75, 3.05) is 32.8 Å². The summed E-state index contributed by atoms with van der Waals surface area (Å²) in [6.45, 7) is 3.32. The number of rotatable bonds is 5. The Morgan fingerprint density at radius 3 is 2.68 bits per heavy atom. The summed E-state index contributed by atoms with van der Waals surface area (Å²) >= 11 is 3.30. The minimum Gasteiger partial charge on any atom is -0.486 e. The van der Waals surface area contributed by atoms with Gasteiger partial charge in [-0.2, -0.15) is 0 Å². The fourth-order valence-corrected chi connectivity index (χ4v) is 4.77. The maximum absolute atomic E-state index is 12.5. The van der Waals surface area contributed by atoms with Crippen molar-refractivity contribution in [2.45, 2.75) is 17.7 Å². The minimum atomic E-state index is -3.57. The number of sulfonamides is 1. The van der Waals surface area contributed by atoms with Crippen LogP contribution in [0.4, 0.5) is 0 Å². The standard InChI is InChI=1S/C14H19BrN2O4S/c15-11-7-12-13(21-6-5-20-12)8-14(11)22(18,19)17-4-2-10-1-3-16-9-10/h7-8,10,16-17H,1-6,9H2. The monoisotopic (exact) mass is 390 g/mol. The van der Waals surface area contributed by atoms with Crippen LogP contribution in [0, 0.1) is 5.92 Å². The molecule has 1 aromatic carbocycles. The Labute approximate surface area is 138 Å². The Balaban J connectivity index is 1.70. The van der Waals surface area contributed by atoms with E-state index in [4.69, 9.17) is 9.47 Å². The van der Waals surface area contributed by atoms with Crippen LogP contribution < -0.4 is 19.5 Å². The first-order valence-electron chi connectivity index (χ1n) is 7.36. The zero-order valence-electron chi connectivity index (χ0n) is 12.1. The van der Waals surface area contributed by atoms with Crippen molar-refractivity contribution in [3.63, 3.8) is 0 Å². The highest BCUT2D eigenvalue weighted by Gasteiger charge is 2.23. The van der Waals surface area contributed by atoms with Crippen molar-refractivity contribution in [1.29, 1.82) is 0 Å². The van der Waals surface area contributed by atoms with Gasteiger partial charge >= 0.3 is 0 Å². The number of hydrogen-bond acceptors (Lipinski definition) is 5. The molecule has 0 aromatic heterocycles. The van der Waals surface area contributed by atoms with Crippen molar-refractivity contribution in [2.24, 2.45) is 5.92 Å². The number of ether oxygens (including phenoxy) is 2. The first-order valence-corrected chi connectivity index (χ1v) is 9.63. The molecular formula is C14H19BrN2O4S. The van der Waals surface area contributed by atoms with Crippen LogP contribution in [0.3, 0.4) is 0 Å². The van der Waals surface area contributed by atoms with Crippen LogP contribution in [0.25, 0.3) is 0 Å². The Morgan fingerprint density at radius 1 is 1.27 bits per heavy atom. The highest BCUT2D eigenvalue weighted by molar-refractivity contribution is 9.10. The van der Waals surface area contributed by atoms with Crippen molar-refractivity contribution < 1.29 is 17.9 Å². The molecule has 2 N–H and O–H groups in total. The molecule has 122 valence electrons. The van der Waals surface area contributed by atoms with Crippen LogP contribution in [-0.2, 0) is 10.0 Å². The predicted octanol–water partition coefficient (Wildman–Crippen LogP) is 1.50. The summed E-state index contributed by atoms with van der Waals surface area (Å²) in [6.07, 6.45) is 1.95. The Bertz CT molecular complexity index is 644. The molecular weight excluding hydrogens is 372 g/mol. The second-order valence-corrected chi connectivity index (χ2v) is 8.06. The van der Waals surface area contributed by atoms with Gasteiger partial charge in [0.2, 0.25) is 10.0 Å². The van der Waals surface area contributed by atoms with E-state index in [1.807, 2.05) is 0 Å². The molecule has 1 unspecified atom stereocenters. The molecule has 0 aliphatic carbocycles. The van der Waals surface area contributed by atoms with Gasteiger partial charge in [0.05, 0.1) is 0 Å². The summed E-state index contributed by atoms with van der Waals surface area (Å²) < 4.78 is 39.0. The van der Waals surface area contributed by atoms with Gasteiger partial charge in [-0.3, -0.25) is 0 Å². The lowest BCUT2D eigenvalue weighted by molar-refractivity contribution is 0.171. The zero-order chi connectivity index (χ0) is 15.6. The van der Waals surface area contributed by atoms with Crippen molar-refractivity contribution in [3.8, 4) is 11.5 Å². The molecule has 2 aliphatic heterocycles. The fourth-order valence-electron chi connectivity index (χ4n) is 2.69. The minimum absolute atomic E-state index is 0.182. The largest absolute Gasteiger partial charge is 0.486 e. The molecule has 2 heterocycles. The maximum Gasteiger partial charge on any atom is 0.241 e. The molecule has 22 heavy (non-hydrogen) atoms. The third-order valence-electron chi connectivity index (χ3n) is 3.89. The second-order valence-electron chi connectivity index (χ2n) is 5.47. The van der Waals surface area contributed by atoms with Gasteiger partial charge in [0.1, 0.15) is 18.1 Å². The van der Waals surface area contributed by atoms with E-state index in [9.17, 15) is 8.42 Å². The van der Waals surface area contributed by atoms with Gasteiger partial charge in [0.25, 0.3) is 0 Å². The summed E-state index contributed by atoms with van der Waals surface area (Å²) in [5, 5.41) is 3.28. The molecule has 6 nitrogen and oxygen atoms in total. The van der Waals surface area contributed by atoms with Gasteiger partial charge in [0, 0.05) is 17.1 Å². The Kier molecular flexibility index (Phi) is 4.91. The highest BCUT2D eigenvalue weighted by Crippen LogP contribution is 2.37. The van der Waals surface area contributed by atoms with E-state index in [1.54, 1.807) is 6.07 Å². The van der Waals surface area contributed by atoms with Crippen LogP contribution in [0.5, 0.6) is 11.5 Å². The summed E-state index contributed by atoms with van der Waals surface area (Å²) in [7, 11) is -3.57. The summed E-state index contributed by atoms with van der Waals surface area (Å²) in [5.41, 5.74) is 0. The average molecular weight is 391 g/mol.